The van der Waals surface area contributed by atoms with E-state index >= 15 is 0 Å². The van der Waals surface area contributed by atoms with Crippen LogP contribution in [0.4, 0.5) is 0 Å². The van der Waals surface area contributed by atoms with Crippen molar-refractivity contribution in [2.75, 3.05) is 20.2 Å². The number of ether oxygens (including phenoxy) is 1. The summed E-state index contributed by atoms with van der Waals surface area (Å²) >= 11 is 0. The minimum Gasteiger partial charge on any atom is -0.465 e. The predicted octanol–water partition coefficient (Wildman–Crippen LogP) is 2.19. The van der Waals surface area contributed by atoms with E-state index in [1.165, 1.54) is 7.11 Å². The number of H-pyrrole nitrogens is 1. The summed E-state index contributed by atoms with van der Waals surface area (Å²) in [6, 6.07) is 7.37. The van der Waals surface area contributed by atoms with Crippen LogP contribution >= 0.6 is 0 Å². The quantitative estimate of drug-likeness (QED) is 0.852. The molecule has 1 aromatic carbocycles. The molecule has 0 atom stereocenters. The molecule has 0 unspecified atom stereocenters. The zero-order chi connectivity index (χ0) is 14.1. The average molecular weight is 272 g/mol. The predicted molar refractivity (Wildman–Crippen MR) is 74.8 cm³/mol. The zero-order valence-electron chi connectivity index (χ0n) is 11.3. The number of esters is 1. The van der Waals surface area contributed by atoms with E-state index in [0.29, 0.717) is 11.3 Å². The number of para-hydroxylation sites is 1. The van der Waals surface area contributed by atoms with Gasteiger partial charge in [-0.3, -0.25) is 4.79 Å². The Kier molecular flexibility index (Phi) is 3.18. The Morgan fingerprint density at radius 3 is 2.60 bits per heavy atom. The Morgan fingerprint density at radius 2 is 1.90 bits per heavy atom. The lowest BCUT2D eigenvalue weighted by atomic mass is 10.1. The number of hydrogen-bond acceptors (Lipinski definition) is 3. The maximum atomic E-state index is 12.5. The molecule has 1 saturated heterocycles. The first-order chi connectivity index (χ1) is 9.72. The van der Waals surface area contributed by atoms with Crippen LogP contribution < -0.4 is 0 Å². The van der Waals surface area contributed by atoms with Gasteiger partial charge in [0.2, 0.25) is 0 Å². The summed E-state index contributed by atoms with van der Waals surface area (Å²) in [6.45, 7) is 1.49. The first kappa shape index (κ1) is 12.7. The van der Waals surface area contributed by atoms with E-state index in [2.05, 4.69) is 4.98 Å². The standard InChI is InChI=1S/C15H16N2O3/c1-20-15(19)12-10-6-2-3-7-11(10)16-13(12)14(18)17-8-4-5-9-17/h2-3,6-7,16H,4-5,8-9H2,1H3. The maximum Gasteiger partial charge on any atom is 0.340 e. The van der Waals surface area contributed by atoms with Crippen LogP contribution in [-0.2, 0) is 4.74 Å². The Hall–Kier alpha value is -2.30. The lowest BCUT2D eigenvalue weighted by Gasteiger charge is -2.14. The van der Waals surface area contributed by atoms with Gasteiger partial charge in [-0.15, -0.1) is 0 Å². The molecule has 0 aliphatic carbocycles. The lowest BCUT2D eigenvalue weighted by molar-refractivity contribution is 0.0594. The van der Waals surface area contributed by atoms with Gasteiger partial charge in [0, 0.05) is 24.0 Å². The van der Waals surface area contributed by atoms with Crippen LogP contribution in [0.3, 0.4) is 0 Å². The number of likely N-dealkylation sites (tertiary alicyclic amines) is 1. The van der Waals surface area contributed by atoms with Gasteiger partial charge in [0.15, 0.2) is 0 Å². The molecular weight excluding hydrogens is 256 g/mol. The van der Waals surface area contributed by atoms with Crippen molar-refractivity contribution in [3.8, 4) is 0 Å². The number of benzene rings is 1. The molecule has 5 nitrogen and oxygen atoms in total. The van der Waals surface area contributed by atoms with E-state index in [0.717, 1.165) is 36.8 Å². The fourth-order valence-electron chi connectivity index (χ4n) is 2.69. The van der Waals surface area contributed by atoms with Gasteiger partial charge in [-0.25, -0.2) is 4.79 Å². The van der Waals surface area contributed by atoms with Gasteiger partial charge in [0.1, 0.15) is 5.69 Å². The minimum atomic E-state index is -0.481. The summed E-state index contributed by atoms with van der Waals surface area (Å²) in [6.07, 6.45) is 2.03. The number of nitrogens with one attached hydrogen (secondary N) is 1. The van der Waals surface area contributed by atoms with Crippen LogP contribution in [0.5, 0.6) is 0 Å². The Morgan fingerprint density at radius 1 is 1.20 bits per heavy atom. The number of nitrogens with zero attached hydrogens (tertiary/aromatic N) is 1. The summed E-state index contributed by atoms with van der Waals surface area (Å²) in [7, 11) is 1.33. The molecule has 2 heterocycles. The number of aromatic amines is 1. The van der Waals surface area contributed by atoms with E-state index in [-0.39, 0.29) is 5.91 Å². The van der Waals surface area contributed by atoms with E-state index < -0.39 is 5.97 Å². The van der Waals surface area contributed by atoms with Crippen LogP contribution in [0, 0.1) is 0 Å². The number of fused-ring (bicyclic) bond motifs is 1. The summed E-state index contributed by atoms with van der Waals surface area (Å²) in [5, 5.41) is 0.724. The van der Waals surface area contributed by atoms with Crippen molar-refractivity contribution >= 4 is 22.8 Å². The smallest absolute Gasteiger partial charge is 0.340 e. The maximum absolute atomic E-state index is 12.5. The highest BCUT2D eigenvalue weighted by Crippen LogP contribution is 2.25. The normalized spacial score (nSPS) is 14.8. The second-order valence-corrected chi connectivity index (χ2v) is 4.91. The number of aromatic nitrogens is 1. The van der Waals surface area contributed by atoms with Crippen molar-refractivity contribution in [2.24, 2.45) is 0 Å². The van der Waals surface area contributed by atoms with Crippen LogP contribution in [0.25, 0.3) is 10.9 Å². The highest BCUT2D eigenvalue weighted by molar-refractivity contribution is 6.13. The van der Waals surface area contributed by atoms with Crippen molar-refractivity contribution < 1.29 is 14.3 Å². The Bertz CT molecular complexity index is 669. The number of amides is 1. The first-order valence-electron chi connectivity index (χ1n) is 6.70. The number of carbonyl (C=O) groups excluding carboxylic acids is 2. The third-order valence-electron chi connectivity index (χ3n) is 3.70. The lowest BCUT2D eigenvalue weighted by Crippen LogP contribution is -2.29. The number of hydrogen-bond donors (Lipinski definition) is 1. The highest BCUT2D eigenvalue weighted by Gasteiger charge is 2.28. The third kappa shape index (κ3) is 1.95. The van der Waals surface area contributed by atoms with E-state index in [1.807, 2.05) is 24.3 Å². The molecule has 1 fully saturated rings. The molecule has 0 bridgehead atoms. The molecule has 0 saturated carbocycles. The van der Waals surface area contributed by atoms with Gasteiger partial charge in [0.25, 0.3) is 5.91 Å². The number of rotatable bonds is 2. The summed E-state index contributed by atoms with van der Waals surface area (Å²) in [4.78, 5) is 29.4. The SMILES string of the molecule is COC(=O)c1c(C(=O)N2CCCC2)[nH]c2ccccc12. The second kappa shape index (κ2) is 5.00. The summed E-state index contributed by atoms with van der Waals surface area (Å²) in [5.41, 5.74) is 1.44. The van der Waals surface area contributed by atoms with Gasteiger partial charge in [-0.2, -0.15) is 0 Å². The van der Waals surface area contributed by atoms with Crippen molar-refractivity contribution in [1.29, 1.82) is 0 Å². The van der Waals surface area contributed by atoms with Crippen molar-refractivity contribution in [3.05, 3.63) is 35.5 Å². The Balaban J connectivity index is 2.13. The van der Waals surface area contributed by atoms with Crippen LogP contribution in [-0.4, -0.2) is 42.0 Å². The van der Waals surface area contributed by atoms with Gasteiger partial charge in [-0.1, -0.05) is 18.2 Å². The van der Waals surface area contributed by atoms with E-state index in [1.54, 1.807) is 4.90 Å². The largest absolute Gasteiger partial charge is 0.465 e. The fourth-order valence-corrected chi connectivity index (χ4v) is 2.69. The monoisotopic (exact) mass is 272 g/mol. The minimum absolute atomic E-state index is 0.126. The topological polar surface area (TPSA) is 62.4 Å². The molecule has 1 aromatic heterocycles. The number of carbonyl (C=O) groups is 2. The molecule has 20 heavy (non-hydrogen) atoms. The van der Waals surface area contributed by atoms with Crippen molar-refractivity contribution in [3.63, 3.8) is 0 Å². The molecule has 1 amide bonds. The third-order valence-corrected chi connectivity index (χ3v) is 3.70. The van der Waals surface area contributed by atoms with Crippen LogP contribution in [0.1, 0.15) is 33.7 Å². The van der Waals surface area contributed by atoms with E-state index in [9.17, 15) is 9.59 Å². The first-order valence-corrected chi connectivity index (χ1v) is 6.70. The average Bonchev–Trinajstić information content (AvgIpc) is 3.12. The fraction of sp³-hybridized carbons (Fsp3) is 0.333. The molecule has 3 rings (SSSR count). The molecule has 0 radical (unpaired) electrons. The molecular formula is C15H16N2O3. The van der Waals surface area contributed by atoms with Crippen molar-refractivity contribution in [2.45, 2.75) is 12.8 Å². The van der Waals surface area contributed by atoms with Gasteiger partial charge in [0.05, 0.1) is 12.7 Å². The summed E-state index contributed by atoms with van der Waals surface area (Å²) < 4.78 is 4.83. The van der Waals surface area contributed by atoms with Crippen LogP contribution in [0.15, 0.2) is 24.3 Å². The number of methoxy groups -OCH3 is 1. The molecule has 0 spiro atoms. The van der Waals surface area contributed by atoms with E-state index in [4.69, 9.17) is 4.74 Å². The molecule has 1 aliphatic rings. The van der Waals surface area contributed by atoms with Gasteiger partial charge in [-0.05, 0) is 18.9 Å². The molecule has 104 valence electrons. The molecule has 1 N–H and O–H groups in total. The summed E-state index contributed by atoms with van der Waals surface area (Å²) in [5.74, 6) is -0.607. The zero-order valence-corrected chi connectivity index (χ0v) is 11.3. The second-order valence-electron chi connectivity index (χ2n) is 4.91. The van der Waals surface area contributed by atoms with Crippen LogP contribution in [0.2, 0.25) is 0 Å². The molecule has 2 aromatic rings. The highest BCUT2D eigenvalue weighted by atomic mass is 16.5. The van der Waals surface area contributed by atoms with Crippen molar-refractivity contribution in [1.82, 2.24) is 9.88 Å². The van der Waals surface area contributed by atoms with Gasteiger partial charge >= 0.3 is 5.97 Å². The Labute approximate surface area is 116 Å². The molecule has 1 aliphatic heterocycles. The van der Waals surface area contributed by atoms with Gasteiger partial charge < -0.3 is 14.6 Å². The molecule has 5 heteroatoms.